The quantitative estimate of drug-likeness (QED) is 0.273. The smallest absolute Gasteiger partial charge is 0.303 e. The van der Waals surface area contributed by atoms with Crippen LogP contribution in [0.4, 0.5) is 11.5 Å². The number of piperidine rings is 1. The highest BCUT2D eigenvalue weighted by Crippen LogP contribution is 2.45. The second kappa shape index (κ2) is 13.6. The molecule has 0 bridgehead atoms. The Bertz CT molecular complexity index is 1430. The van der Waals surface area contributed by atoms with Gasteiger partial charge in [0.1, 0.15) is 11.6 Å². The molecular formula is C34H42N4O6. The van der Waals surface area contributed by atoms with Gasteiger partial charge in [0.25, 0.3) is 5.91 Å². The van der Waals surface area contributed by atoms with E-state index in [0.29, 0.717) is 41.5 Å². The van der Waals surface area contributed by atoms with Crippen molar-refractivity contribution < 1.29 is 29.3 Å². The van der Waals surface area contributed by atoms with Crippen LogP contribution < -0.4 is 19.3 Å². The number of aromatic nitrogens is 2. The van der Waals surface area contributed by atoms with Crippen LogP contribution in [0.1, 0.15) is 67.8 Å². The Morgan fingerprint density at radius 2 is 1.82 bits per heavy atom. The maximum Gasteiger partial charge on any atom is 0.303 e. The molecule has 1 unspecified atom stereocenters. The molecule has 0 radical (unpaired) electrons. The Hall–Kier alpha value is -4.18. The molecular weight excluding hydrogens is 560 g/mol. The Labute approximate surface area is 258 Å². The minimum absolute atomic E-state index is 0.00194. The molecule has 3 heterocycles. The Balaban J connectivity index is 1.26. The summed E-state index contributed by atoms with van der Waals surface area (Å²) < 4.78 is 11.6. The molecule has 1 aliphatic heterocycles. The van der Waals surface area contributed by atoms with Gasteiger partial charge in [0, 0.05) is 37.6 Å². The second-order valence-electron chi connectivity index (χ2n) is 12.5. The number of carboxylic acids is 1. The Morgan fingerprint density at radius 3 is 2.45 bits per heavy atom. The number of carbonyl (C=O) groups excluding carboxylic acids is 1. The Morgan fingerprint density at radius 1 is 1.05 bits per heavy atom. The van der Waals surface area contributed by atoms with Gasteiger partial charge in [-0.3, -0.25) is 14.5 Å². The lowest BCUT2D eigenvalue weighted by molar-refractivity contribution is -0.137. The van der Waals surface area contributed by atoms with Gasteiger partial charge < -0.3 is 24.6 Å². The molecule has 1 amide bonds. The predicted molar refractivity (Wildman–Crippen MR) is 168 cm³/mol. The molecule has 1 saturated carbocycles. The second-order valence-corrected chi connectivity index (χ2v) is 12.5. The number of pyridine rings is 2. The average Bonchev–Trinajstić information content (AvgIpc) is 3.87. The summed E-state index contributed by atoms with van der Waals surface area (Å²) in [5, 5.41) is 20.0. The third-order valence-electron chi connectivity index (χ3n) is 8.35. The molecule has 10 heteroatoms. The largest absolute Gasteiger partial charge is 0.497 e. The summed E-state index contributed by atoms with van der Waals surface area (Å²) in [5.41, 5.74) is 1.16. The zero-order valence-electron chi connectivity index (χ0n) is 25.7. The van der Waals surface area contributed by atoms with Gasteiger partial charge in [0.2, 0.25) is 5.88 Å². The molecule has 5 rings (SSSR count). The lowest BCUT2D eigenvalue weighted by atomic mass is 9.92. The minimum Gasteiger partial charge on any atom is -0.497 e. The first-order valence-electron chi connectivity index (χ1n) is 15.3. The van der Waals surface area contributed by atoms with Crippen molar-refractivity contribution in [1.29, 1.82) is 0 Å². The molecule has 1 atom stereocenters. The van der Waals surface area contributed by atoms with Crippen LogP contribution >= 0.6 is 0 Å². The first-order valence-corrected chi connectivity index (χ1v) is 15.3. The summed E-state index contributed by atoms with van der Waals surface area (Å²) in [7, 11) is 1.61. The number of methoxy groups -OCH3 is 1. The van der Waals surface area contributed by atoms with Crippen molar-refractivity contribution in [2.24, 2.45) is 11.8 Å². The zero-order valence-corrected chi connectivity index (χ0v) is 25.7. The van der Waals surface area contributed by atoms with Crippen LogP contribution in [0.15, 0.2) is 60.9 Å². The van der Waals surface area contributed by atoms with Gasteiger partial charge in [-0.05, 0) is 93.2 Å². The number of aliphatic hydroxyl groups is 1. The number of amides is 1. The van der Waals surface area contributed by atoms with Crippen molar-refractivity contribution in [3.8, 4) is 11.6 Å². The molecule has 2 fully saturated rings. The number of carboxylic acid groups (broad SMARTS) is 1. The highest BCUT2D eigenvalue weighted by molar-refractivity contribution is 6.09. The first-order chi connectivity index (χ1) is 21.1. The topological polar surface area (TPSA) is 125 Å². The monoisotopic (exact) mass is 602 g/mol. The van der Waals surface area contributed by atoms with Crippen molar-refractivity contribution in [3.05, 3.63) is 72.1 Å². The molecule has 234 valence electrons. The maximum atomic E-state index is 14.0. The van der Waals surface area contributed by atoms with E-state index >= 15 is 0 Å². The minimum atomic E-state index is -1.12. The molecule has 1 saturated heterocycles. The number of hydrogen-bond donors (Lipinski definition) is 2. The van der Waals surface area contributed by atoms with Crippen LogP contribution in [-0.4, -0.2) is 71.0 Å². The van der Waals surface area contributed by atoms with Crippen molar-refractivity contribution in [3.63, 3.8) is 0 Å². The highest BCUT2D eigenvalue weighted by atomic mass is 16.5. The number of anilines is 2. The first kappa shape index (κ1) is 31.3. The van der Waals surface area contributed by atoms with E-state index in [1.54, 1.807) is 57.6 Å². The number of ether oxygens (including phenoxy) is 2. The summed E-state index contributed by atoms with van der Waals surface area (Å²) in [6, 6.07) is 14.6. The molecule has 2 aliphatic rings. The number of hydrogen-bond acceptors (Lipinski definition) is 8. The van der Waals surface area contributed by atoms with Crippen molar-refractivity contribution >= 4 is 23.4 Å². The molecule has 1 aromatic carbocycles. The van der Waals surface area contributed by atoms with Crippen LogP contribution in [0, 0.1) is 11.8 Å². The average molecular weight is 603 g/mol. The highest BCUT2D eigenvalue weighted by Gasteiger charge is 2.34. The third-order valence-corrected chi connectivity index (χ3v) is 8.35. The van der Waals surface area contributed by atoms with Gasteiger partial charge in [0.05, 0.1) is 43.5 Å². The lowest BCUT2D eigenvalue weighted by Crippen LogP contribution is -2.44. The fourth-order valence-corrected chi connectivity index (χ4v) is 5.90. The van der Waals surface area contributed by atoms with Crippen LogP contribution in [0.5, 0.6) is 11.6 Å². The van der Waals surface area contributed by atoms with Gasteiger partial charge in [-0.1, -0.05) is 6.07 Å². The standard InChI is InChI=1S/C34H42N4O6/c1-34(2,42)22-38(30-6-4-5-14-35-30)33(41)27-10-9-26(43-3)19-29(27)37-16-12-23(13-17-37)21-44-31-18-25(11-15-36-31)28(20-32(39)40)24-7-8-24/h4-6,9-11,14-15,18-19,23-24,28,42H,7-8,12-13,16-17,20-22H2,1-3H3,(H,39,40). The maximum absolute atomic E-state index is 14.0. The molecule has 1 aliphatic carbocycles. The summed E-state index contributed by atoms with van der Waals surface area (Å²) in [6.45, 7) is 5.40. The number of nitrogens with zero attached hydrogens (tertiary/aromatic N) is 4. The number of rotatable bonds is 13. The molecule has 0 spiro atoms. The fourth-order valence-electron chi connectivity index (χ4n) is 5.90. The van der Waals surface area contributed by atoms with Crippen molar-refractivity contribution in [2.75, 3.05) is 43.2 Å². The van der Waals surface area contributed by atoms with E-state index in [0.717, 1.165) is 50.0 Å². The lowest BCUT2D eigenvalue weighted by Gasteiger charge is -2.35. The SMILES string of the molecule is COc1ccc(C(=O)N(CC(C)(C)O)c2ccccn2)c(N2CCC(COc3cc(C(CC(=O)O)C4CC4)ccn3)CC2)c1. The summed E-state index contributed by atoms with van der Waals surface area (Å²) in [6.07, 6.45) is 7.32. The van der Waals surface area contributed by atoms with Crippen molar-refractivity contribution in [2.45, 2.75) is 57.5 Å². The van der Waals surface area contributed by atoms with E-state index in [1.807, 2.05) is 24.3 Å². The van der Waals surface area contributed by atoms with Gasteiger partial charge in [-0.2, -0.15) is 0 Å². The Kier molecular flexibility index (Phi) is 9.68. The number of aliphatic carboxylic acids is 1. The van der Waals surface area contributed by atoms with E-state index in [2.05, 4.69) is 14.9 Å². The van der Waals surface area contributed by atoms with E-state index in [1.165, 1.54) is 4.90 Å². The number of carbonyl (C=O) groups is 2. The van der Waals surface area contributed by atoms with Crippen LogP contribution in [-0.2, 0) is 4.79 Å². The molecule has 3 aromatic rings. The zero-order chi connectivity index (χ0) is 31.3. The summed E-state index contributed by atoms with van der Waals surface area (Å²) >= 11 is 0. The van der Waals surface area contributed by atoms with Crippen LogP contribution in [0.3, 0.4) is 0 Å². The number of benzene rings is 1. The third kappa shape index (κ3) is 8.05. The predicted octanol–water partition coefficient (Wildman–Crippen LogP) is 5.17. The van der Waals surface area contributed by atoms with Crippen molar-refractivity contribution in [1.82, 2.24) is 9.97 Å². The van der Waals surface area contributed by atoms with Crippen LogP contribution in [0.2, 0.25) is 0 Å². The molecule has 2 N–H and O–H groups in total. The molecule has 10 nitrogen and oxygen atoms in total. The fraction of sp³-hybridized carbons (Fsp3) is 0.471. The van der Waals surface area contributed by atoms with Gasteiger partial charge in [0.15, 0.2) is 0 Å². The van der Waals surface area contributed by atoms with Gasteiger partial charge >= 0.3 is 5.97 Å². The normalized spacial score (nSPS) is 16.3. The summed E-state index contributed by atoms with van der Waals surface area (Å²) in [5.74, 6) is 1.36. The van der Waals surface area contributed by atoms with E-state index < -0.39 is 11.6 Å². The molecule has 44 heavy (non-hydrogen) atoms. The van der Waals surface area contributed by atoms with E-state index in [4.69, 9.17) is 9.47 Å². The van der Waals surface area contributed by atoms with Gasteiger partial charge in [-0.25, -0.2) is 9.97 Å². The van der Waals surface area contributed by atoms with Crippen LogP contribution in [0.25, 0.3) is 0 Å². The van der Waals surface area contributed by atoms with Gasteiger partial charge in [-0.15, -0.1) is 0 Å². The summed E-state index contributed by atoms with van der Waals surface area (Å²) in [4.78, 5) is 38.0. The molecule has 2 aromatic heterocycles. The van der Waals surface area contributed by atoms with E-state index in [9.17, 15) is 19.8 Å². The van der Waals surface area contributed by atoms with E-state index in [-0.39, 0.29) is 24.8 Å².